The molecule has 26 heavy (non-hydrogen) atoms. The van der Waals surface area contributed by atoms with Gasteiger partial charge in [0.1, 0.15) is 0 Å². The fourth-order valence-electron chi connectivity index (χ4n) is 3.07. The molecule has 0 saturated heterocycles. The Morgan fingerprint density at radius 2 is 2.04 bits per heavy atom. The van der Waals surface area contributed by atoms with E-state index in [-0.39, 0.29) is 0 Å². The molecule has 130 valence electrons. The highest BCUT2D eigenvalue weighted by Gasteiger charge is 2.16. The van der Waals surface area contributed by atoms with Crippen molar-refractivity contribution in [2.24, 2.45) is 10.7 Å². The number of hydrogen-bond donors (Lipinski definition) is 1. The molecular formula is C21H22BN3S. The van der Waals surface area contributed by atoms with Gasteiger partial charge in [-0.2, -0.15) is 0 Å². The van der Waals surface area contributed by atoms with Crippen molar-refractivity contribution in [3.63, 3.8) is 0 Å². The van der Waals surface area contributed by atoms with Crippen LogP contribution in [0.4, 0.5) is 0 Å². The third-order valence-electron chi connectivity index (χ3n) is 4.32. The molecule has 0 atom stereocenters. The fraction of sp³-hybridized carbons (Fsp3) is 0.190. The second-order valence-electron chi connectivity index (χ2n) is 6.11. The van der Waals surface area contributed by atoms with Gasteiger partial charge in [-0.05, 0) is 73.8 Å². The number of rotatable bonds is 6. The van der Waals surface area contributed by atoms with E-state index < -0.39 is 0 Å². The summed E-state index contributed by atoms with van der Waals surface area (Å²) in [4.78, 5) is 6.09. The van der Waals surface area contributed by atoms with Crippen molar-refractivity contribution < 1.29 is 0 Å². The fourth-order valence-corrected chi connectivity index (χ4v) is 3.66. The van der Waals surface area contributed by atoms with Crippen LogP contribution < -0.4 is 5.73 Å². The lowest BCUT2D eigenvalue weighted by atomic mass is 10.0. The van der Waals surface area contributed by atoms with Crippen LogP contribution in [0.1, 0.15) is 24.6 Å². The molecule has 2 aromatic rings. The van der Waals surface area contributed by atoms with E-state index in [1.165, 1.54) is 10.5 Å². The van der Waals surface area contributed by atoms with Crippen molar-refractivity contribution in [1.82, 2.24) is 4.48 Å². The summed E-state index contributed by atoms with van der Waals surface area (Å²) in [5.41, 5.74) is 12.1. The summed E-state index contributed by atoms with van der Waals surface area (Å²) in [5, 5.41) is 0. The summed E-state index contributed by atoms with van der Waals surface area (Å²) < 4.78 is 1.63. The summed E-state index contributed by atoms with van der Waals surface area (Å²) in [6.07, 6.45) is 10.9. The van der Waals surface area contributed by atoms with Gasteiger partial charge in [0.15, 0.2) is 0 Å². The first kappa shape index (κ1) is 18.6. The van der Waals surface area contributed by atoms with Crippen LogP contribution in [0.5, 0.6) is 0 Å². The minimum absolute atomic E-state index is 0.555. The Hall–Kier alpha value is -2.24. The maximum absolute atomic E-state index is 6.04. The van der Waals surface area contributed by atoms with Crippen LogP contribution >= 0.6 is 11.8 Å². The van der Waals surface area contributed by atoms with E-state index in [1.807, 2.05) is 18.3 Å². The second kappa shape index (κ2) is 8.43. The molecule has 5 heteroatoms. The first-order valence-corrected chi connectivity index (χ1v) is 9.81. The van der Waals surface area contributed by atoms with Crippen molar-refractivity contribution in [3.8, 4) is 0 Å². The highest BCUT2D eigenvalue weighted by Crippen LogP contribution is 2.31. The maximum atomic E-state index is 6.04. The molecular weight excluding hydrogens is 337 g/mol. The smallest absolute Gasteiger partial charge is 0.234 e. The molecule has 2 N–H and O–H groups in total. The molecule has 0 fully saturated rings. The summed E-state index contributed by atoms with van der Waals surface area (Å²) in [5.74, 6) is 0. The second-order valence-corrected chi connectivity index (χ2v) is 6.95. The molecule has 0 spiro atoms. The normalized spacial score (nSPS) is 16.1. The number of aliphatic imine (C=N–C) groups is 1. The average molecular weight is 359 g/mol. The Kier molecular flexibility index (Phi) is 6.02. The van der Waals surface area contributed by atoms with Crippen LogP contribution in [0.25, 0.3) is 11.6 Å². The van der Waals surface area contributed by atoms with Crippen LogP contribution in [-0.4, -0.2) is 31.0 Å². The topological polar surface area (TPSA) is 43.3 Å². The van der Waals surface area contributed by atoms with Crippen LogP contribution in [0, 0.1) is 0 Å². The van der Waals surface area contributed by atoms with Crippen molar-refractivity contribution in [1.29, 1.82) is 0 Å². The molecule has 2 heterocycles. The number of hydrogen-bond acceptors (Lipinski definition) is 3. The van der Waals surface area contributed by atoms with Gasteiger partial charge >= 0.3 is 0 Å². The average Bonchev–Trinajstić information content (AvgIpc) is 3.24. The van der Waals surface area contributed by atoms with E-state index in [0.717, 1.165) is 34.7 Å². The SMILES string of the molecule is [B]n1cccc1/C(CCN)=C1N=C(/C=C/c2ccccc2SC)C=C\1C. The third kappa shape index (κ3) is 3.95. The summed E-state index contributed by atoms with van der Waals surface area (Å²) in [6, 6.07) is 12.3. The zero-order valence-corrected chi connectivity index (χ0v) is 16.0. The van der Waals surface area contributed by atoms with Crippen molar-refractivity contribution in [3.05, 3.63) is 77.3 Å². The molecule has 0 unspecified atom stereocenters. The van der Waals surface area contributed by atoms with Gasteiger partial charge in [-0.15, -0.1) is 11.8 Å². The molecule has 3 rings (SSSR count). The Morgan fingerprint density at radius 3 is 2.73 bits per heavy atom. The minimum Gasteiger partial charge on any atom is -0.403 e. The van der Waals surface area contributed by atoms with E-state index in [9.17, 15) is 0 Å². The lowest BCUT2D eigenvalue weighted by molar-refractivity contribution is 0.997. The largest absolute Gasteiger partial charge is 0.403 e. The molecule has 0 aliphatic carbocycles. The third-order valence-corrected chi connectivity index (χ3v) is 5.13. The lowest BCUT2D eigenvalue weighted by Crippen LogP contribution is -2.05. The predicted molar refractivity (Wildman–Crippen MR) is 115 cm³/mol. The number of thioether (sulfide) groups is 1. The minimum atomic E-state index is 0.555. The van der Waals surface area contributed by atoms with Gasteiger partial charge in [0.2, 0.25) is 7.98 Å². The van der Waals surface area contributed by atoms with Gasteiger partial charge in [0, 0.05) is 16.2 Å². The molecule has 2 radical (unpaired) electrons. The van der Waals surface area contributed by atoms with E-state index in [0.29, 0.717) is 6.54 Å². The number of nitrogens with zero attached hydrogens (tertiary/aromatic N) is 2. The zero-order valence-electron chi connectivity index (χ0n) is 15.1. The highest BCUT2D eigenvalue weighted by molar-refractivity contribution is 7.98. The van der Waals surface area contributed by atoms with Crippen LogP contribution in [0.15, 0.2) is 75.9 Å². The maximum Gasteiger partial charge on any atom is 0.234 e. The first-order chi connectivity index (χ1) is 12.6. The molecule has 3 nitrogen and oxygen atoms in total. The molecule has 1 aromatic carbocycles. The summed E-state index contributed by atoms with van der Waals surface area (Å²) in [7, 11) is 6.04. The standard InChI is InChI=1S/C21H22BN3S/c1-15-14-17(10-9-16-6-3-4-8-20(16)26-2)24-21(15)18(11-12-23)19-7-5-13-25(19)22/h3-10,13-14H,11-12,23H2,1-2H3/b10-9+,21-18-. The van der Waals surface area contributed by atoms with Crippen LogP contribution in [0.2, 0.25) is 0 Å². The van der Waals surface area contributed by atoms with E-state index in [2.05, 4.69) is 55.7 Å². The predicted octanol–water partition coefficient (Wildman–Crippen LogP) is 4.32. The molecule has 0 amide bonds. The molecule has 1 aromatic heterocycles. The van der Waals surface area contributed by atoms with Crippen molar-refractivity contribution >= 4 is 37.1 Å². The van der Waals surface area contributed by atoms with Gasteiger partial charge in [-0.25, -0.2) is 4.99 Å². The van der Waals surface area contributed by atoms with Gasteiger partial charge in [0.25, 0.3) is 0 Å². The Labute approximate surface area is 160 Å². The number of allylic oxidation sites excluding steroid dienone is 3. The van der Waals surface area contributed by atoms with Crippen molar-refractivity contribution in [2.45, 2.75) is 18.2 Å². The van der Waals surface area contributed by atoms with Crippen LogP contribution in [0.3, 0.4) is 0 Å². The first-order valence-electron chi connectivity index (χ1n) is 8.58. The molecule has 1 aliphatic rings. The zero-order chi connectivity index (χ0) is 18.5. The quantitative estimate of drug-likeness (QED) is 0.617. The monoisotopic (exact) mass is 359 g/mol. The summed E-state index contributed by atoms with van der Waals surface area (Å²) >= 11 is 1.74. The highest BCUT2D eigenvalue weighted by atomic mass is 32.2. The Morgan fingerprint density at radius 1 is 1.23 bits per heavy atom. The van der Waals surface area contributed by atoms with E-state index >= 15 is 0 Å². The Balaban J connectivity index is 1.96. The van der Waals surface area contributed by atoms with E-state index in [4.69, 9.17) is 18.7 Å². The van der Waals surface area contributed by atoms with Gasteiger partial charge in [0.05, 0.1) is 11.4 Å². The van der Waals surface area contributed by atoms with Crippen LogP contribution in [-0.2, 0) is 0 Å². The number of nitrogens with two attached hydrogens (primary N) is 1. The number of benzene rings is 1. The summed E-state index contributed by atoms with van der Waals surface area (Å²) in [6.45, 7) is 2.63. The number of aromatic nitrogens is 1. The Bertz CT molecular complexity index is 919. The van der Waals surface area contributed by atoms with Gasteiger partial charge in [-0.1, -0.05) is 24.3 Å². The molecule has 0 bridgehead atoms. The van der Waals surface area contributed by atoms with E-state index in [1.54, 1.807) is 16.2 Å². The van der Waals surface area contributed by atoms with Crippen molar-refractivity contribution in [2.75, 3.05) is 12.8 Å². The molecule has 0 saturated carbocycles. The van der Waals surface area contributed by atoms with Gasteiger partial charge < -0.3 is 10.2 Å². The molecule has 1 aliphatic heterocycles. The van der Waals surface area contributed by atoms with Gasteiger partial charge in [-0.3, -0.25) is 0 Å². The lowest BCUT2D eigenvalue weighted by Gasteiger charge is -2.11.